The Labute approximate surface area is 139 Å². The molecule has 0 amide bonds. The van der Waals surface area contributed by atoms with Crippen molar-refractivity contribution < 1.29 is 17.2 Å². The van der Waals surface area contributed by atoms with Crippen LogP contribution in [0.5, 0.6) is 0 Å². The number of benzene rings is 2. The first-order valence-corrected chi connectivity index (χ1v) is 8.89. The highest BCUT2D eigenvalue weighted by Gasteiger charge is 2.43. The topological polar surface area (TPSA) is 52.6 Å². The number of rotatable bonds is 5. The van der Waals surface area contributed by atoms with Gasteiger partial charge >= 0.3 is 10.2 Å². The summed E-state index contributed by atoms with van der Waals surface area (Å²) >= 11 is 0. The molecule has 3 rings (SSSR count). The molecule has 0 spiro atoms. The van der Waals surface area contributed by atoms with Crippen molar-refractivity contribution in [2.45, 2.75) is 6.42 Å². The Hall–Kier alpha value is -2.19. The first-order valence-electron chi connectivity index (χ1n) is 7.49. The third-order valence-electron chi connectivity index (χ3n) is 3.81. The highest BCUT2D eigenvalue weighted by atomic mass is 32.2. The smallest absolute Gasteiger partial charge is 0.320 e. The highest BCUT2D eigenvalue weighted by Crippen LogP contribution is 2.46. The van der Waals surface area contributed by atoms with E-state index in [2.05, 4.69) is 5.32 Å². The zero-order valence-corrected chi connectivity index (χ0v) is 13.9. The second-order valence-corrected chi connectivity index (χ2v) is 7.06. The first-order chi connectivity index (χ1) is 11.5. The van der Waals surface area contributed by atoms with Crippen LogP contribution in [-0.4, -0.2) is 28.6 Å². The summed E-state index contributed by atoms with van der Waals surface area (Å²) in [5.41, 5.74) is 0.0725. The van der Waals surface area contributed by atoms with E-state index >= 15 is 0 Å². The van der Waals surface area contributed by atoms with Crippen LogP contribution in [0.1, 0.15) is 6.42 Å². The van der Waals surface area contributed by atoms with Gasteiger partial charge in [0.15, 0.2) is 11.6 Å². The fourth-order valence-electron chi connectivity index (χ4n) is 2.75. The second kappa shape index (κ2) is 6.37. The van der Waals surface area contributed by atoms with Gasteiger partial charge in [-0.25, -0.2) is 13.1 Å². The molecule has 0 fully saturated rings. The fourth-order valence-corrected chi connectivity index (χ4v) is 4.52. The summed E-state index contributed by atoms with van der Waals surface area (Å²) in [6.07, 6.45) is 0.567. The van der Waals surface area contributed by atoms with E-state index < -0.39 is 27.5 Å². The van der Waals surface area contributed by atoms with E-state index in [0.717, 1.165) is 16.4 Å². The van der Waals surface area contributed by atoms with Crippen LogP contribution in [0.2, 0.25) is 0 Å². The fraction of sp³-hybridized carbons (Fsp3) is 0.250. The molecular formula is C16H17F2N3O2S. The van der Waals surface area contributed by atoms with Crippen molar-refractivity contribution in [2.24, 2.45) is 0 Å². The van der Waals surface area contributed by atoms with Crippen molar-refractivity contribution in [3.63, 3.8) is 0 Å². The summed E-state index contributed by atoms with van der Waals surface area (Å²) < 4.78 is 56.2. The molecule has 1 heterocycles. The third kappa shape index (κ3) is 2.61. The molecule has 0 aliphatic carbocycles. The molecule has 0 radical (unpaired) electrons. The van der Waals surface area contributed by atoms with Crippen LogP contribution in [0, 0.1) is 11.6 Å². The van der Waals surface area contributed by atoms with Crippen molar-refractivity contribution in [3.8, 4) is 0 Å². The van der Waals surface area contributed by atoms with E-state index in [4.69, 9.17) is 0 Å². The maximum absolute atomic E-state index is 14.2. The number of hydrogen-bond acceptors (Lipinski definition) is 3. The zero-order chi connectivity index (χ0) is 17.3. The molecule has 128 valence electrons. The maximum Gasteiger partial charge on any atom is 0.331 e. The Morgan fingerprint density at radius 1 is 1.00 bits per heavy atom. The lowest BCUT2D eigenvalue weighted by atomic mass is 10.2. The van der Waals surface area contributed by atoms with Crippen molar-refractivity contribution in [1.82, 2.24) is 5.32 Å². The van der Waals surface area contributed by atoms with Crippen LogP contribution in [0.15, 0.2) is 42.5 Å². The quantitative estimate of drug-likeness (QED) is 0.841. The summed E-state index contributed by atoms with van der Waals surface area (Å²) in [5.74, 6) is -1.85. The van der Waals surface area contributed by atoms with Crippen molar-refractivity contribution in [2.75, 3.05) is 28.7 Å². The Bertz CT molecular complexity index is 838. The number of hydrogen-bond donors (Lipinski definition) is 1. The molecule has 24 heavy (non-hydrogen) atoms. The number of fused-ring (bicyclic) bond motifs is 1. The SMILES string of the molecule is CNCCCN1c2ccccc2N(c2c(F)cccc2F)S1(=O)=O. The van der Waals surface area contributed by atoms with Gasteiger partial charge in [-0.15, -0.1) is 0 Å². The van der Waals surface area contributed by atoms with Gasteiger partial charge in [-0.05, 0) is 44.3 Å². The van der Waals surface area contributed by atoms with Crippen LogP contribution < -0.4 is 13.9 Å². The summed E-state index contributed by atoms with van der Waals surface area (Å²) in [6, 6.07) is 9.79. The van der Waals surface area contributed by atoms with Gasteiger partial charge in [0.25, 0.3) is 0 Å². The molecular weight excluding hydrogens is 336 g/mol. The van der Waals surface area contributed by atoms with Gasteiger partial charge in [-0.3, -0.25) is 4.31 Å². The predicted molar refractivity (Wildman–Crippen MR) is 89.7 cm³/mol. The van der Waals surface area contributed by atoms with E-state index in [1.165, 1.54) is 16.4 Å². The number of halogens is 2. The summed E-state index contributed by atoms with van der Waals surface area (Å²) in [5, 5.41) is 2.95. The van der Waals surface area contributed by atoms with Crippen molar-refractivity contribution in [1.29, 1.82) is 0 Å². The van der Waals surface area contributed by atoms with Crippen LogP contribution in [0.4, 0.5) is 25.8 Å². The molecule has 0 unspecified atom stereocenters. The normalized spacial score (nSPS) is 15.6. The monoisotopic (exact) mass is 353 g/mol. The number of anilines is 3. The Morgan fingerprint density at radius 3 is 2.25 bits per heavy atom. The number of nitrogens with one attached hydrogen (secondary N) is 1. The highest BCUT2D eigenvalue weighted by molar-refractivity contribution is 7.95. The second-order valence-electron chi connectivity index (χ2n) is 5.36. The van der Waals surface area contributed by atoms with Gasteiger partial charge in [0.05, 0.1) is 11.4 Å². The molecule has 1 aliphatic heterocycles. The zero-order valence-electron chi connectivity index (χ0n) is 13.0. The van der Waals surface area contributed by atoms with E-state index in [1.54, 1.807) is 25.2 Å². The molecule has 0 saturated heterocycles. The van der Waals surface area contributed by atoms with Crippen LogP contribution in [-0.2, 0) is 10.2 Å². The minimum atomic E-state index is -4.11. The average molecular weight is 353 g/mol. The maximum atomic E-state index is 14.2. The van der Waals surface area contributed by atoms with Crippen LogP contribution in [0.25, 0.3) is 0 Å². The molecule has 1 aliphatic rings. The number of nitrogens with zero attached hydrogens (tertiary/aromatic N) is 2. The molecule has 1 N–H and O–H groups in total. The van der Waals surface area contributed by atoms with Gasteiger partial charge in [0.2, 0.25) is 0 Å². The van der Waals surface area contributed by atoms with Crippen LogP contribution in [0.3, 0.4) is 0 Å². The van der Waals surface area contributed by atoms with E-state index in [9.17, 15) is 17.2 Å². The van der Waals surface area contributed by atoms with E-state index in [0.29, 0.717) is 18.7 Å². The minimum absolute atomic E-state index is 0.215. The van der Waals surface area contributed by atoms with Gasteiger partial charge in [0.1, 0.15) is 5.69 Å². The van der Waals surface area contributed by atoms with Crippen LogP contribution >= 0.6 is 0 Å². The molecule has 0 aromatic heterocycles. The minimum Gasteiger partial charge on any atom is -0.320 e. The Morgan fingerprint density at radius 2 is 1.62 bits per heavy atom. The lowest BCUT2D eigenvalue weighted by molar-refractivity contribution is 0.574. The largest absolute Gasteiger partial charge is 0.331 e. The molecule has 8 heteroatoms. The molecule has 0 atom stereocenters. The van der Waals surface area contributed by atoms with Gasteiger partial charge in [-0.1, -0.05) is 18.2 Å². The molecule has 0 saturated carbocycles. The van der Waals surface area contributed by atoms with Crippen molar-refractivity contribution in [3.05, 3.63) is 54.1 Å². The standard InChI is InChI=1S/C16H17F2N3O2S/c1-19-10-5-11-20-14-8-2-3-9-15(14)21(24(20,22)23)16-12(17)6-4-7-13(16)18/h2-4,6-9,19H,5,10-11H2,1H3. The third-order valence-corrected chi connectivity index (χ3v) is 5.58. The average Bonchev–Trinajstić information content (AvgIpc) is 2.76. The van der Waals surface area contributed by atoms with E-state index in [1.807, 2.05) is 0 Å². The van der Waals surface area contributed by atoms with E-state index in [-0.39, 0.29) is 12.2 Å². The van der Waals surface area contributed by atoms with Gasteiger partial charge in [0, 0.05) is 6.54 Å². The molecule has 2 aromatic rings. The summed E-state index contributed by atoms with van der Waals surface area (Å²) in [4.78, 5) is 0. The predicted octanol–water partition coefficient (Wildman–Crippen LogP) is 2.78. The van der Waals surface area contributed by atoms with Gasteiger partial charge in [-0.2, -0.15) is 8.42 Å². The number of para-hydroxylation sites is 3. The Balaban J connectivity index is 2.14. The lowest BCUT2D eigenvalue weighted by Gasteiger charge is -2.22. The van der Waals surface area contributed by atoms with Crippen molar-refractivity contribution >= 4 is 27.3 Å². The molecule has 5 nitrogen and oxygen atoms in total. The molecule has 2 aromatic carbocycles. The van der Waals surface area contributed by atoms with Gasteiger partial charge < -0.3 is 5.32 Å². The summed E-state index contributed by atoms with van der Waals surface area (Å²) in [6.45, 7) is 0.842. The summed E-state index contributed by atoms with van der Waals surface area (Å²) in [7, 11) is -2.34. The first kappa shape index (κ1) is 16.7. The molecule has 0 bridgehead atoms. The lowest BCUT2D eigenvalue weighted by Crippen LogP contribution is -2.37. The Kier molecular flexibility index (Phi) is 4.42.